The van der Waals surface area contributed by atoms with Gasteiger partial charge in [-0.25, -0.2) is 0 Å². The second kappa shape index (κ2) is 9.02. The van der Waals surface area contributed by atoms with E-state index in [9.17, 15) is 10.1 Å². The van der Waals surface area contributed by atoms with Crippen LogP contribution >= 0.6 is 34.5 Å². The van der Waals surface area contributed by atoms with Crippen molar-refractivity contribution in [1.29, 1.82) is 5.26 Å². The minimum absolute atomic E-state index is 0.0553. The minimum atomic E-state index is -0.543. The SMILES string of the molecule is CCCc1nnc(NC(=O)C(C#N)=Cc2cccn2-c2cc(Cl)cc(Cl)c2)s1. The van der Waals surface area contributed by atoms with Crippen LogP contribution in [0, 0.1) is 11.3 Å². The molecule has 0 radical (unpaired) electrons. The van der Waals surface area contributed by atoms with E-state index in [0.29, 0.717) is 20.9 Å². The van der Waals surface area contributed by atoms with Crippen molar-refractivity contribution in [2.45, 2.75) is 19.8 Å². The molecule has 0 saturated carbocycles. The monoisotopic (exact) mass is 431 g/mol. The van der Waals surface area contributed by atoms with Crippen molar-refractivity contribution >= 4 is 51.7 Å². The van der Waals surface area contributed by atoms with E-state index in [1.807, 2.05) is 13.0 Å². The van der Waals surface area contributed by atoms with Crippen LogP contribution in [-0.2, 0) is 11.2 Å². The number of nitrogens with one attached hydrogen (secondary N) is 1. The number of halogens is 2. The number of benzene rings is 1. The number of carbonyl (C=O) groups is 1. The lowest BCUT2D eigenvalue weighted by Crippen LogP contribution is -2.13. The molecule has 0 atom stereocenters. The first-order valence-electron chi connectivity index (χ1n) is 8.39. The lowest BCUT2D eigenvalue weighted by molar-refractivity contribution is -0.112. The Morgan fingerprint density at radius 1 is 1.32 bits per heavy atom. The second-order valence-electron chi connectivity index (χ2n) is 5.81. The van der Waals surface area contributed by atoms with E-state index < -0.39 is 5.91 Å². The van der Waals surface area contributed by atoms with E-state index in [1.165, 1.54) is 17.4 Å². The Hall–Kier alpha value is -2.66. The van der Waals surface area contributed by atoms with Gasteiger partial charge in [0.25, 0.3) is 5.91 Å². The maximum absolute atomic E-state index is 12.5. The summed E-state index contributed by atoms with van der Waals surface area (Å²) < 4.78 is 1.78. The maximum Gasteiger partial charge on any atom is 0.268 e. The molecule has 0 spiro atoms. The predicted molar refractivity (Wildman–Crippen MR) is 112 cm³/mol. The zero-order chi connectivity index (χ0) is 20.1. The van der Waals surface area contributed by atoms with E-state index in [1.54, 1.807) is 41.1 Å². The van der Waals surface area contributed by atoms with Crippen LogP contribution in [0.5, 0.6) is 0 Å². The zero-order valence-electron chi connectivity index (χ0n) is 14.8. The number of anilines is 1. The number of rotatable bonds is 6. The van der Waals surface area contributed by atoms with E-state index in [0.717, 1.165) is 23.5 Å². The van der Waals surface area contributed by atoms with Crippen LogP contribution in [0.3, 0.4) is 0 Å². The molecule has 0 aliphatic heterocycles. The number of aryl methyl sites for hydroxylation is 1. The van der Waals surface area contributed by atoms with Gasteiger partial charge in [0, 0.05) is 34.0 Å². The van der Waals surface area contributed by atoms with Gasteiger partial charge in [-0.1, -0.05) is 41.5 Å². The molecular weight excluding hydrogens is 417 g/mol. The van der Waals surface area contributed by atoms with E-state index in [2.05, 4.69) is 15.5 Å². The molecule has 0 bridgehead atoms. The van der Waals surface area contributed by atoms with Gasteiger partial charge in [0.1, 0.15) is 16.6 Å². The maximum atomic E-state index is 12.5. The van der Waals surface area contributed by atoms with Gasteiger partial charge in [-0.05, 0) is 42.8 Å². The topological polar surface area (TPSA) is 83.6 Å². The average Bonchev–Trinajstić information content (AvgIpc) is 3.28. The van der Waals surface area contributed by atoms with Crippen molar-refractivity contribution in [2.75, 3.05) is 5.32 Å². The summed E-state index contributed by atoms with van der Waals surface area (Å²) in [7, 11) is 0. The molecule has 0 aliphatic rings. The van der Waals surface area contributed by atoms with Crippen molar-refractivity contribution in [3.8, 4) is 11.8 Å². The van der Waals surface area contributed by atoms with E-state index in [4.69, 9.17) is 23.2 Å². The summed E-state index contributed by atoms with van der Waals surface area (Å²) in [6, 6.07) is 10.6. The fourth-order valence-electron chi connectivity index (χ4n) is 2.51. The summed E-state index contributed by atoms with van der Waals surface area (Å²) in [6.45, 7) is 2.04. The quantitative estimate of drug-likeness (QED) is 0.432. The predicted octanol–water partition coefficient (Wildman–Crippen LogP) is 5.13. The fraction of sp³-hybridized carbons (Fsp3) is 0.158. The van der Waals surface area contributed by atoms with Gasteiger partial charge in [0.15, 0.2) is 0 Å². The largest absolute Gasteiger partial charge is 0.317 e. The molecule has 28 heavy (non-hydrogen) atoms. The molecule has 0 saturated heterocycles. The average molecular weight is 432 g/mol. The second-order valence-corrected chi connectivity index (χ2v) is 7.74. The Labute approximate surface area is 176 Å². The Morgan fingerprint density at radius 3 is 2.75 bits per heavy atom. The Kier molecular flexibility index (Phi) is 6.47. The van der Waals surface area contributed by atoms with Crippen LogP contribution < -0.4 is 5.32 Å². The van der Waals surface area contributed by atoms with Crippen molar-refractivity contribution in [3.63, 3.8) is 0 Å². The number of amides is 1. The summed E-state index contributed by atoms with van der Waals surface area (Å²) in [5, 5.41) is 22.2. The molecule has 1 aromatic carbocycles. The molecule has 6 nitrogen and oxygen atoms in total. The van der Waals surface area contributed by atoms with Gasteiger partial charge in [-0.15, -0.1) is 10.2 Å². The summed E-state index contributed by atoms with van der Waals surface area (Å²) in [6.07, 6.45) is 5.03. The first kappa shape index (κ1) is 20.1. The summed E-state index contributed by atoms with van der Waals surface area (Å²) in [4.78, 5) is 12.5. The van der Waals surface area contributed by atoms with Crippen molar-refractivity contribution in [3.05, 3.63) is 62.8 Å². The van der Waals surface area contributed by atoms with E-state index >= 15 is 0 Å². The first-order valence-corrected chi connectivity index (χ1v) is 9.96. The van der Waals surface area contributed by atoms with Crippen molar-refractivity contribution in [1.82, 2.24) is 14.8 Å². The summed E-state index contributed by atoms with van der Waals surface area (Å²) in [5.74, 6) is -0.543. The van der Waals surface area contributed by atoms with Gasteiger partial charge in [0.2, 0.25) is 5.13 Å². The van der Waals surface area contributed by atoms with Crippen LogP contribution in [0.2, 0.25) is 10.0 Å². The van der Waals surface area contributed by atoms with Crippen molar-refractivity contribution < 1.29 is 4.79 Å². The van der Waals surface area contributed by atoms with Gasteiger partial charge >= 0.3 is 0 Å². The fourth-order valence-corrected chi connectivity index (χ4v) is 3.86. The number of hydrogen-bond acceptors (Lipinski definition) is 5. The normalized spacial score (nSPS) is 11.3. The van der Waals surface area contributed by atoms with Crippen LogP contribution in [0.15, 0.2) is 42.1 Å². The molecule has 3 aromatic rings. The van der Waals surface area contributed by atoms with Gasteiger partial charge in [0.05, 0.1) is 0 Å². The number of nitrogens with zero attached hydrogens (tertiary/aromatic N) is 4. The van der Waals surface area contributed by atoms with Crippen LogP contribution in [0.25, 0.3) is 11.8 Å². The van der Waals surface area contributed by atoms with Crippen molar-refractivity contribution in [2.24, 2.45) is 0 Å². The minimum Gasteiger partial charge on any atom is -0.317 e. The number of hydrogen-bond donors (Lipinski definition) is 1. The van der Waals surface area contributed by atoms with Crippen LogP contribution in [-0.4, -0.2) is 20.7 Å². The molecular formula is C19H15Cl2N5OS. The molecule has 1 amide bonds. The van der Waals surface area contributed by atoms with E-state index in [-0.39, 0.29) is 5.57 Å². The third-order valence-electron chi connectivity index (χ3n) is 3.71. The highest BCUT2D eigenvalue weighted by Crippen LogP contribution is 2.24. The molecule has 9 heteroatoms. The Morgan fingerprint density at radius 2 is 2.07 bits per heavy atom. The standard InChI is InChI=1S/C19H15Cl2N5OS/c1-2-4-17-24-25-19(28-17)23-18(27)12(11-22)7-15-5-3-6-26(15)16-9-13(20)8-14(21)10-16/h3,5-10H,2,4H2,1H3,(H,23,25,27). The molecule has 0 aliphatic carbocycles. The Bertz CT molecular complexity index is 1060. The van der Waals surface area contributed by atoms with Gasteiger partial charge < -0.3 is 4.57 Å². The van der Waals surface area contributed by atoms with Gasteiger partial charge in [-0.3, -0.25) is 10.1 Å². The third kappa shape index (κ3) is 4.78. The molecule has 3 rings (SSSR count). The molecule has 1 N–H and O–H groups in total. The highest BCUT2D eigenvalue weighted by molar-refractivity contribution is 7.15. The summed E-state index contributed by atoms with van der Waals surface area (Å²) >= 11 is 13.5. The lowest BCUT2D eigenvalue weighted by atomic mass is 10.2. The number of carbonyl (C=O) groups excluding carboxylic acids is 1. The number of nitriles is 1. The first-order chi connectivity index (χ1) is 13.5. The summed E-state index contributed by atoms with van der Waals surface area (Å²) in [5.41, 5.74) is 1.30. The highest BCUT2D eigenvalue weighted by Gasteiger charge is 2.14. The van der Waals surface area contributed by atoms with Gasteiger partial charge in [-0.2, -0.15) is 5.26 Å². The number of aromatic nitrogens is 3. The molecule has 0 fully saturated rings. The third-order valence-corrected chi connectivity index (χ3v) is 5.05. The van der Waals surface area contributed by atoms with Crippen LogP contribution in [0.4, 0.5) is 5.13 Å². The Balaban J connectivity index is 1.86. The van der Waals surface area contributed by atoms with Crippen LogP contribution in [0.1, 0.15) is 24.0 Å². The molecule has 2 aromatic heterocycles. The molecule has 0 unspecified atom stereocenters. The lowest BCUT2D eigenvalue weighted by Gasteiger charge is -2.08. The molecule has 2 heterocycles. The molecule has 142 valence electrons. The smallest absolute Gasteiger partial charge is 0.268 e. The zero-order valence-corrected chi connectivity index (χ0v) is 17.1. The highest BCUT2D eigenvalue weighted by atomic mass is 35.5.